The van der Waals surface area contributed by atoms with Crippen molar-refractivity contribution in [3.05, 3.63) is 11.7 Å². The fraction of sp³-hybridized carbons (Fsp3) is 0.786. The van der Waals surface area contributed by atoms with Gasteiger partial charge < -0.3 is 9.84 Å². The number of hydrogen-bond donors (Lipinski definition) is 1. The molecule has 1 aromatic heterocycles. The number of sulfone groups is 1. The average Bonchev–Trinajstić information content (AvgIpc) is 2.81. The molecule has 0 radical (unpaired) electrons. The van der Waals surface area contributed by atoms with E-state index < -0.39 is 27.3 Å². The smallest absolute Gasteiger partial charge is 0.241 e. The van der Waals surface area contributed by atoms with Crippen LogP contribution in [0.1, 0.15) is 52.3 Å². The van der Waals surface area contributed by atoms with Crippen molar-refractivity contribution in [2.45, 2.75) is 58.8 Å². The second-order valence-corrected chi connectivity index (χ2v) is 7.90. The standard InChI is InChI=1S/C14H25N3O4S/c1-5-6-7-12-16-14(21-17-12)9-22(19,20)8-13(18)15-11(4)10(2)3/h10-11H,5-9H2,1-4H3,(H,15,18). The summed E-state index contributed by atoms with van der Waals surface area (Å²) in [6.45, 7) is 7.79. The molecule has 1 rings (SSSR count). The SMILES string of the molecule is CCCCc1noc(CS(=O)(=O)CC(=O)NC(C)C(C)C)n1. The minimum atomic E-state index is -3.62. The summed E-state index contributed by atoms with van der Waals surface area (Å²) in [4.78, 5) is 15.8. The van der Waals surface area contributed by atoms with Gasteiger partial charge in [0.05, 0.1) is 0 Å². The number of aromatic nitrogens is 2. The lowest BCUT2D eigenvalue weighted by Crippen LogP contribution is -2.39. The van der Waals surface area contributed by atoms with Gasteiger partial charge in [0, 0.05) is 12.5 Å². The van der Waals surface area contributed by atoms with Crippen LogP contribution in [-0.4, -0.2) is 36.3 Å². The quantitative estimate of drug-likeness (QED) is 0.735. The van der Waals surface area contributed by atoms with Crippen LogP contribution in [-0.2, 0) is 26.8 Å². The second kappa shape index (κ2) is 8.26. The van der Waals surface area contributed by atoms with Crippen LogP contribution in [0.25, 0.3) is 0 Å². The van der Waals surface area contributed by atoms with Gasteiger partial charge in [0.15, 0.2) is 15.7 Å². The zero-order valence-corrected chi connectivity index (χ0v) is 14.4. The maximum atomic E-state index is 12.0. The molecule has 7 nitrogen and oxygen atoms in total. The monoisotopic (exact) mass is 331 g/mol. The second-order valence-electron chi connectivity index (χ2n) is 5.84. The Bertz CT molecular complexity index is 581. The van der Waals surface area contributed by atoms with E-state index in [2.05, 4.69) is 15.5 Å². The fourth-order valence-corrected chi connectivity index (χ4v) is 2.76. The van der Waals surface area contributed by atoms with E-state index in [1.54, 1.807) is 0 Å². The molecular weight excluding hydrogens is 306 g/mol. The predicted octanol–water partition coefficient (Wildman–Crippen LogP) is 1.49. The summed E-state index contributed by atoms with van der Waals surface area (Å²) >= 11 is 0. The van der Waals surface area contributed by atoms with Gasteiger partial charge in [-0.25, -0.2) is 8.42 Å². The average molecular weight is 331 g/mol. The summed E-state index contributed by atoms with van der Waals surface area (Å²) in [6, 6.07) is -0.0771. The van der Waals surface area contributed by atoms with Crippen LogP contribution in [0.5, 0.6) is 0 Å². The summed E-state index contributed by atoms with van der Waals surface area (Å²) in [5, 5.41) is 6.41. The van der Waals surface area contributed by atoms with Gasteiger partial charge in [-0.1, -0.05) is 32.3 Å². The number of amides is 1. The lowest BCUT2D eigenvalue weighted by Gasteiger charge is -2.17. The molecule has 0 saturated heterocycles. The molecule has 0 saturated carbocycles. The highest BCUT2D eigenvalue weighted by Gasteiger charge is 2.22. The summed E-state index contributed by atoms with van der Waals surface area (Å²) in [5.74, 6) is -0.705. The lowest BCUT2D eigenvalue weighted by atomic mass is 10.1. The van der Waals surface area contributed by atoms with Crippen molar-refractivity contribution in [3.63, 3.8) is 0 Å². The molecule has 1 aromatic rings. The molecule has 1 atom stereocenters. The minimum Gasteiger partial charge on any atom is -0.353 e. The van der Waals surface area contributed by atoms with E-state index in [1.165, 1.54) is 0 Å². The molecule has 1 N–H and O–H groups in total. The molecule has 0 aromatic carbocycles. The Morgan fingerprint density at radius 2 is 2.00 bits per heavy atom. The number of carbonyl (C=O) groups excluding carboxylic acids is 1. The number of nitrogens with one attached hydrogen (secondary N) is 1. The lowest BCUT2D eigenvalue weighted by molar-refractivity contribution is -0.119. The van der Waals surface area contributed by atoms with E-state index in [1.807, 2.05) is 27.7 Å². The minimum absolute atomic E-state index is 0.0378. The predicted molar refractivity (Wildman–Crippen MR) is 82.8 cm³/mol. The van der Waals surface area contributed by atoms with Gasteiger partial charge in [-0.15, -0.1) is 0 Å². The molecule has 1 heterocycles. The zero-order valence-electron chi connectivity index (χ0n) is 13.6. The van der Waals surface area contributed by atoms with Crippen LogP contribution in [0, 0.1) is 5.92 Å². The number of carbonyl (C=O) groups is 1. The molecule has 22 heavy (non-hydrogen) atoms. The highest BCUT2D eigenvalue weighted by atomic mass is 32.2. The number of hydrogen-bond acceptors (Lipinski definition) is 6. The summed E-state index contributed by atoms with van der Waals surface area (Å²) in [5.41, 5.74) is 0. The molecular formula is C14H25N3O4S. The van der Waals surface area contributed by atoms with Crippen molar-refractivity contribution < 1.29 is 17.7 Å². The Morgan fingerprint density at radius 1 is 1.32 bits per heavy atom. The number of rotatable bonds is 9. The molecule has 0 aliphatic rings. The van der Waals surface area contributed by atoms with Crippen molar-refractivity contribution in [2.75, 3.05) is 5.75 Å². The van der Waals surface area contributed by atoms with Gasteiger partial charge in [0.1, 0.15) is 11.5 Å². The first-order chi connectivity index (χ1) is 10.2. The Labute approximate surface area is 131 Å². The first-order valence-corrected chi connectivity index (χ1v) is 9.37. The Hall–Kier alpha value is -1.44. The van der Waals surface area contributed by atoms with Crippen LogP contribution < -0.4 is 5.32 Å². The maximum absolute atomic E-state index is 12.0. The van der Waals surface area contributed by atoms with Crippen molar-refractivity contribution in [3.8, 4) is 0 Å². The summed E-state index contributed by atoms with van der Waals surface area (Å²) in [7, 11) is -3.62. The van der Waals surface area contributed by atoms with Crippen molar-refractivity contribution >= 4 is 15.7 Å². The third kappa shape index (κ3) is 6.55. The molecule has 0 aliphatic carbocycles. The van der Waals surface area contributed by atoms with Crippen molar-refractivity contribution in [1.82, 2.24) is 15.5 Å². The number of unbranched alkanes of at least 4 members (excludes halogenated alkanes) is 1. The van der Waals surface area contributed by atoms with Gasteiger partial charge >= 0.3 is 0 Å². The van der Waals surface area contributed by atoms with Crippen LogP contribution in [0.3, 0.4) is 0 Å². The van der Waals surface area contributed by atoms with Crippen molar-refractivity contribution in [1.29, 1.82) is 0 Å². The topological polar surface area (TPSA) is 102 Å². The Morgan fingerprint density at radius 3 is 2.59 bits per heavy atom. The van der Waals surface area contributed by atoms with E-state index in [4.69, 9.17) is 4.52 Å². The first kappa shape index (κ1) is 18.6. The first-order valence-electron chi connectivity index (χ1n) is 7.54. The highest BCUT2D eigenvalue weighted by molar-refractivity contribution is 7.91. The van der Waals surface area contributed by atoms with Gasteiger partial charge in [0.25, 0.3) is 0 Å². The molecule has 8 heteroatoms. The normalized spacial score (nSPS) is 13.3. The summed E-state index contributed by atoms with van der Waals surface area (Å²) < 4.78 is 28.9. The van der Waals surface area contributed by atoms with Gasteiger partial charge in [-0.05, 0) is 19.3 Å². The van der Waals surface area contributed by atoms with Crippen molar-refractivity contribution in [2.24, 2.45) is 5.92 Å². The zero-order chi connectivity index (χ0) is 16.8. The van der Waals surface area contributed by atoms with E-state index >= 15 is 0 Å². The van der Waals surface area contributed by atoms with Gasteiger partial charge in [0.2, 0.25) is 11.8 Å². The Balaban J connectivity index is 2.56. The molecule has 0 fully saturated rings. The third-order valence-electron chi connectivity index (χ3n) is 3.35. The van der Waals surface area contributed by atoms with Gasteiger partial charge in [-0.3, -0.25) is 4.79 Å². The molecule has 0 aliphatic heterocycles. The van der Waals surface area contributed by atoms with E-state index in [0.29, 0.717) is 12.2 Å². The van der Waals surface area contributed by atoms with Gasteiger partial charge in [-0.2, -0.15) is 4.98 Å². The molecule has 126 valence electrons. The van der Waals surface area contributed by atoms with Crippen LogP contribution in [0.15, 0.2) is 4.52 Å². The fourth-order valence-electron chi connectivity index (χ4n) is 1.69. The summed E-state index contributed by atoms with van der Waals surface area (Å²) in [6.07, 6.45) is 2.57. The third-order valence-corrected chi connectivity index (χ3v) is 4.74. The molecule has 1 unspecified atom stereocenters. The Kier molecular flexibility index (Phi) is 6.99. The van der Waals surface area contributed by atoms with Crippen LogP contribution in [0.2, 0.25) is 0 Å². The van der Waals surface area contributed by atoms with E-state index in [0.717, 1.165) is 12.8 Å². The maximum Gasteiger partial charge on any atom is 0.241 e. The number of nitrogens with zero attached hydrogens (tertiary/aromatic N) is 2. The van der Waals surface area contributed by atoms with Crippen LogP contribution >= 0.6 is 0 Å². The molecule has 0 bridgehead atoms. The van der Waals surface area contributed by atoms with E-state index in [-0.39, 0.29) is 17.9 Å². The van der Waals surface area contributed by atoms with E-state index in [9.17, 15) is 13.2 Å². The number of aryl methyl sites for hydroxylation is 1. The highest BCUT2D eigenvalue weighted by Crippen LogP contribution is 2.07. The largest absolute Gasteiger partial charge is 0.353 e. The van der Waals surface area contributed by atoms with Crippen LogP contribution in [0.4, 0.5) is 0 Å². The molecule has 0 spiro atoms. The molecule has 1 amide bonds.